The number of esters is 1. The fraction of sp³-hybridized carbons (Fsp3) is 0.130. The third kappa shape index (κ3) is 3.76. The van der Waals surface area contributed by atoms with Crippen molar-refractivity contribution in [2.24, 2.45) is 0 Å². The second kappa shape index (κ2) is 8.20. The minimum absolute atomic E-state index is 0.259. The molecule has 2 heterocycles. The standard InChI is InChI=1S/C23H18F2N2O2S/c1-14-21(16-7-4-3-5-8-16)22(29-23(28)20-9-6-12-30-20)27(26-14)15(2)17-10-11-18(24)19(25)13-17/h3-13,15H,1-2H3. The topological polar surface area (TPSA) is 44.1 Å². The molecule has 0 aliphatic carbocycles. The fourth-order valence-electron chi connectivity index (χ4n) is 3.27. The first-order valence-electron chi connectivity index (χ1n) is 9.31. The van der Waals surface area contributed by atoms with Crippen LogP contribution in [0.2, 0.25) is 0 Å². The molecule has 1 atom stereocenters. The SMILES string of the molecule is Cc1nn(C(C)c2ccc(F)c(F)c2)c(OC(=O)c2cccs2)c1-c1ccccc1. The van der Waals surface area contributed by atoms with Crippen LogP contribution in [-0.2, 0) is 0 Å². The van der Waals surface area contributed by atoms with Gasteiger partial charge in [-0.3, -0.25) is 0 Å². The monoisotopic (exact) mass is 424 g/mol. The van der Waals surface area contributed by atoms with E-state index in [4.69, 9.17) is 4.74 Å². The third-order valence-electron chi connectivity index (χ3n) is 4.81. The molecular weight excluding hydrogens is 406 g/mol. The molecule has 7 heteroatoms. The number of aromatic nitrogens is 2. The smallest absolute Gasteiger partial charge is 0.355 e. The van der Waals surface area contributed by atoms with Crippen LogP contribution in [0.3, 0.4) is 0 Å². The Kier molecular flexibility index (Phi) is 5.46. The molecule has 152 valence electrons. The molecule has 0 fully saturated rings. The van der Waals surface area contributed by atoms with Crippen molar-refractivity contribution >= 4 is 17.3 Å². The van der Waals surface area contributed by atoms with Crippen molar-refractivity contribution in [2.75, 3.05) is 0 Å². The predicted molar refractivity (Wildman–Crippen MR) is 112 cm³/mol. The maximum absolute atomic E-state index is 13.8. The van der Waals surface area contributed by atoms with E-state index in [9.17, 15) is 13.6 Å². The number of hydrogen-bond donors (Lipinski definition) is 0. The summed E-state index contributed by atoms with van der Waals surface area (Å²) in [6.07, 6.45) is 0. The number of rotatable bonds is 5. The summed E-state index contributed by atoms with van der Waals surface area (Å²) >= 11 is 1.28. The molecule has 2 aromatic heterocycles. The summed E-state index contributed by atoms with van der Waals surface area (Å²) in [6.45, 7) is 3.61. The van der Waals surface area contributed by atoms with Gasteiger partial charge in [-0.05, 0) is 48.6 Å². The molecule has 0 N–H and O–H groups in total. The Balaban J connectivity index is 1.83. The second-order valence-corrected chi connectivity index (χ2v) is 7.74. The van der Waals surface area contributed by atoms with Crippen molar-refractivity contribution in [3.63, 3.8) is 0 Å². The van der Waals surface area contributed by atoms with E-state index in [0.29, 0.717) is 21.7 Å². The van der Waals surface area contributed by atoms with Gasteiger partial charge in [0.15, 0.2) is 11.6 Å². The maximum atomic E-state index is 13.8. The largest absolute Gasteiger partial charge is 0.403 e. The molecule has 0 aliphatic rings. The molecule has 30 heavy (non-hydrogen) atoms. The highest BCUT2D eigenvalue weighted by molar-refractivity contribution is 7.12. The van der Waals surface area contributed by atoms with Gasteiger partial charge in [-0.25, -0.2) is 18.3 Å². The summed E-state index contributed by atoms with van der Waals surface area (Å²) in [7, 11) is 0. The summed E-state index contributed by atoms with van der Waals surface area (Å²) in [5.74, 6) is -2.10. The number of benzene rings is 2. The van der Waals surface area contributed by atoms with Gasteiger partial charge in [0.1, 0.15) is 4.88 Å². The van der Waals surface area contributed by atoms with Gasteiger partial charge in [0, 0.05) is 0 Å². The Morgan fingerprint density at radius 1 is 1.07 bits per heavy atom. The van der Waals surface area contributed by atoms with Crippen molar-refractivity contribution in [2.45, 2.75) is 19.9 Å². The van der Waals surface area contributed by atoms with Crippen LogP contribution in [0.4, 0.5) is 8.78 Å². The Hall–Kier alpha value is -3.32. The minimum atomic E-state index is -0.941. The van der Waals surface area contributed by atoms with E-state index in [-0.39, 0.29) is 5.88 Å². The Morgan fingerprint density at radius 2 is 1.83 bits per heavy atom. The predicted octanol–water partition coefficient (Wildman–Crippen LogP) is 6.03. The average Bonchev–Trinajstić information content (AvgIpc) is 3.39. The normalized spacial score (nSPS) is 12.0. The number of carbonyl (C=O) groups is 1. The van der Waals surface area contributed by atoms with E-state index in [0.717, 1.165) is 17.7 Å². The number of halogens is 2. The molecule has 0 radical (unpaired) electrons. The molecule has 1 unspecified atom stereocenters. The zero-order valence-electron chi connectivity index (χ0n) is 16.3. The molecule has 0 saturated heterocycles. The molecule has 0 amide bonds. The molecule has 0 saturated carbocycles. The lowest BCUT2D eigenvalue weighted by atomic mass is 10.1. The lowest BCUT2D eigenvalue weighted by Crippen LogP contribution is -2.15. The first-order valence-corrected chi connectivity index (χ1v) is 10.2. The molecule has 4 aromatic rings. The van der Waals surface area contributed by atoms with Crippen LogP contribution >= 0.6 is 11.3 Å². The van der Waals surface area contributed by atoms with Crippen molar-refractivity contribution in [1.29, 1.82) is 0 Å². The van der Waals surface area contributed by atoms with Gasteiger partial charge in [0.2, 0.25) is 5.88 Å². The lowest BCUT2D eigenvalue weighted by molar-refractivity contribution is 0.0723. The first kappa shape index (κ1) is 20.0. The van der Waals surface area contributed by atoms with Crippen LogP contribution < -0.4 is 4.74 Å². The molecule has 0 aliphatic heterocycles. The van der Waals surface area contributed by atoms with Crippen LogP contribution in [0.5, 0.6) is 5.88 Å². The lowest BCUT2D eigenvalue weighted by Gasteiger charge is -2.17. The summed E-state index contributed by atoms with van der Waals surface area (Å²) in [5, 5.41) is 6.37. The molecule has 4 rings (SSSR count). The zero-order chi connectivity index (χ0) is 21.3. The number of aryl methyl sites for hydroxylation is 1. The first-order chi connectivity index (χ1) is 14.5. The van der Waals surface area contributed by atoms with Gasteiger partial charge in [0.05, 0.1) is 17.3 Å². The van der Waals surface area contributed by atoms with Crippen molar-refractivity contribution in [3.8, 4) is 17.0 Å². The van der Waals surface area contributed by atoms with Crippen LogP contribution in [-0.4, -0.2) is 15.7 Å². The van der Waals surface area contributed by atoms with Gasteiger partial charge in [-0.1, -0.05) is 42.5 Å². The van der Waals surface area contributed by atoms with Crippen LogP contribution in [0.15, 0.2) is 66.0 Å². The summed E-state index contributed by atoms with van der Waals surface area (Å²) in [5.41, 5.74) is 2.68. The second-order valence-electron chi connectivity index (χ2n) is 6.79. The minimum Gasteiger partial charge on any atom is -0.403 e. The Labute approximate surface area is 176 Å². The Bertz CT molecular complexity index is 1190. The summed E-state index contributed by atoms with van der Waals surface area (Å²) in [6, 6.07) is 16.1. The van der Waals surface area contributed by atoms with Crippen molar-refractivity contribution < 1.29 is 18.3 Å². The molecule has 4 nitrogen and oxygen atoms in total. The molecular formula is C23H18F2N2O2S. The molecule has 0 bridgehead atoms. The number of thiophene rings is 1. The highest BCUT2D eigenvalue weighted by Crippen LogP contribution is 2.37. The molecule has 0 spiro atoms. The number of ether oxygens (including phenoxy) is 1. The third-order valence-corrected chi connectivity index (χ3v) is 5.66. The fourth-order valence-corrected chi connectivity index (χ4v) is 3.87. The Morgan fingerprint density at radius 3 is 2.50 bits per heavy atom. The van der Waals surface area contributed by atoms with Crippen LogP contribution in [0.1, 0.15) is 33.9 Å². The highest BCUT2D eigenvalue weighted by Gasteiger charge is 2.25. The van der Waals surface area contributed by atoms with Crippen molar-refractivity contribution in [3.05, 3.63) is 93.8 Å². The van der Waals surface area contributed by atoms with E-state index in [1.807, 2.05) is 37.3 Å². The number of hydrogen-bond acceptors (Lipinski definition) is 4. The van der Waals surface area contributed by atoms with E-state index in [2.05, 4.69) is 5.10 Å². The van der Waals surface area contributed by atoms with Gasteiger partial charge in [-0.15, -0.1) is 11.3 Å². The van der Waals surface area contributed by atoms with E-state index in [1.165, 1.54) is 22.1 Å². The van der Waals surface area contributed by atoms with Gasteiger partial charge >= 0.3 is 5.97 Å². The summed E-state index contributed by atoms with van der Waals surface area (Å²) < 4.78 is 34.5. The quantitative estimate of drug-likeness (QED) is 0.368. The zero-order valence-corrected chi connectivity index (χ0v) is 17.1. The van der Waals surface area contributed by atoms with Gasteiger partial charge < -0.3 is 4.74 Å². The van der Waals surface area contributed by atoms with Gasteiger partial charge in [0.25, 0.3) is 0 Å². The number of carbonyl (C=O) groups excluding carboxylic acids is 1. The summed E-state index contributed by atoms with van der Waals surface area (Å²) in [4.78, 5) is 13.2. The number of nitrogens with zero attached hydrogens (tertiary/aromatic N) is 2. The van der Waals surface area contributed by atoms with Crippen LogP contribution in [0, 0.1) is 18.6 Å². The maximum Gasteiger partial charge on any atom is 0.355 e. The van der Waals surface area contributed by atoms with Gasteiger partial charge in [-0.2, -0.15) is 5.10 Å². The average molecular weight is 424 g/mol. The van der Waals surface area contributed by atoms with E-state index >= 15 is 0 Å². The molecule has 2 aromatic carbocycles. The van der Waals surface area contributed by atoms with E-state index in [1.54, 1.807) is 24.4 Å². The van der Waals surface area contributed by atoms with E-state index < -0.39 is 23.6 Å². The van der Waals surface area contributed by atoms with Crippen molar-refractivity contribution in [1.82, 2.24) is 9.78 Å². The van der Waals surface area contributed by atoms with Crippen LogP contribution in [0.25, 0.3) is 11.1 Å². The highest BCUT2D eigenvalue weighted by atomic mass is 32.1.